The molecule has 0 radical (unpaired) electrons. The summed E-state index contributed by atoms with van der Waals surface area (Å²) in [5.74, 6) is -25.4. The second kappa shape index (κ2) is 6.78. The summed E-state index contributed by atoms with van der Waals surface area (Å²) in [5, 5.41) is -2.24. The van der Waals surface area contributed by atoms with E-state index in [1.807, 2.05) is 0 Å². The molecule has 0 saturated carbocycles. The van der Waals surface area contributed by atoms with Crippen LogP contribution in [0.5, 0.6) is 0 Å². The molecule has 182 valence electrons. The topological polar surface area (TPSA) is 12.0 Å². The Morgan fingerprint density at radius 2 is 0.567 bits per heavy atom. The third-order valence-corrected chi connectivity index (χ3v) is 3.16. The fourth-order valence-electron chi connectivity index (χ4n) is 1.58. The minimum atomic E-state index is -8.61. The van der Waals surface area contributed by atoms with Crippen molar-refractivity contribution in [2.24, 2.45) is 0 Å². The van der Waals surface area contributed by atoms with E-state index in [1.165, 1.54) is 0 Å². The second-order valence-corrected chi connectivity index (χ2v) is 5.16. The van der Waals surface area contributed by atoms with E-state index < -0.39 is 59.4 Å². The monoisotopic (exact) mass is 503 g/mol. The zero-order valence-corrected chi connectivity index (χ0v) is 12.6. The quantitative estimate of drug-likeness (QED) is 0.356. The van der Waals surface area contributed by atoms with Crippen molar-refractivity contribution in [3.8, 4) is 0 Å². The highest BCUT2D eigenvalue weighted by atomic mass is 19.4. The van der Waals surface area contributed by atoms with Gasteiger partial charge in [0.15, 0.2) is 0 Å². The van der Waals surface area contributed by atoms with E-state index >= 15 is 0 Å². The fourth-order valence-corrected chi connectivity index (χ4v) is 1.58. The summed E-state index contributed by atoms with van der Waals surface area (Å²) < 4.78 is 250. The van der Waals surface area contributed by atoms with Crippen molar-refractivity contribution < 1.29 is 87.8 Å². The summed E-state index contributed by atoms with van der Waals surface area (Å²) in [7, 11) is 0. The molecule has 0 heterocycles. The van der Waals surface area contributed by atoms with Gasteiger partial charge in [0.2, 0.25) is 0 Å². The Labute approximate surface area is 149 Å². The maximum Gasteiger partial charge on any atom is 0.460 e. The molecule has 0 aliphatic rings. The van der Waals surface area contributed by atoms with Crippen LogP contribution in [0.4, 0.5) is 87.8 Å². The summed E-state index contributed by atoms with van der Waals surface area (Å²) in [6.07, 6.45) is -32.3. The van der Waals surface area contributed by atoms with E-state index in [1.54, 1.807) is 0 Å². The highest BCUT2D eigenvalue weighted by Crippen LogP contribution is 2.59. The first-order valence-electron chi connectivity index (χ1n) is 6.03. The smallest absolute Gasteiger partial charge is 0.223 e. The van der Waals surface area contributed by atoms with E-state index in [0.29, 0.717) is 0 Å². The lowest BCUT2D eigenvalue weighted by Crippen LogP contribution is -2.81. The molecule has 0 aromatic rings. The van der Waals surface area contributed by atoms with Crippen LogP contribution in [-0.2, 0) is 0 Å². The van der Waals surface area contributed by atoms with Gasteiger partial charge >= 0.3 is 54.1 Å². The number of rotatable bonds is 5. The molecule has 0 atom stereocenters. The van der Waals surface area contributed by atoms with Crippen molar-refractivity contribution in [1.29, 1.82) is 0 Å². The molecule has 0 aromatic carbocycles. The zero-order valence-electron chi connectivity index (χ0n) is 12.6. The zero-order chi connectivity index (χ0) is 25.2. The van der Waals surface area contributed by atoms with Gasteiger partial charge in [-0.05, 0) is 0 Å². The summed E-state index contributed by atoms with van der Waals surface area (Å²) in [4.78, 5) is 0. The van der Waals surface area contributed by atoms with E-state index in [9.17, 15) is 87.8 Å². The van der Waals surface area contributed by atoms with Crippen LogP contribution < -0.4 is 5.32 Å². The van der Waals surface area contributed by atoms with Gasteiger partial charge in [-0.1, -0.05) is 0 Å². The number of alkyl halides is 20. The maximum absolute atomic E-state index is 13.2. The molecule has 21 heteroatoms. The van der Waals surface area contributed by atoms with Crippen LogP contribution in [0, 0.1) is 0 Å². The minimum absolute atomic E-state index is 2.24. The molecule has 0 spiro atoms. The molecule has 0 aliphatic heterocycles. The minimum Gasteiger partial charge on any atom is -0.223 e. The first-order chi connectivity index (χ1) is 12.5. The van der Waals surface area contributed by atoms with Crippen molar-refractivity contribution in [3.63, 3.8) is 0 Å². The molecule has 0 saturated heterocycles. The Kier molecular flexibility index (Phi) is 6.45. The van der Waals surface area contributed by atoms with Gasteiger partial charge in [0.25, 0.3) is 0 Å². The standard InChI is InChI=1S/C9HF20N/c10-2(11,3(12,13)8(25,26)27)4(14,15)9(28,29)30-1(5(16,17)18,6(19,20)21)7(22,23)24/h30H. The molecule has 0 fully saturated rings. The first-order valence-corrected chi connectivity index (χ1v) is 6.03. The fraction of sp³-hybridized carbons (Fsp3) is 1.00. The lowest BCUT2D eigenvalue weighted by Gasteiger charge is -2.44. The average Bonchev–Trinajstić information content (AvgIpc) is 2.38. The molecular formula is C9HF20N. The van der Waals surface area contributed by atoms with Gasteiger partial charge in [-0.15, -0.1) is 0 Å². The summed E-state index contributed by atoms with van der Waals surface area (Å²) in [6, 6.07) is -8.31. The van der Waals surface area contributed by atoms with Crippen molar-refractivity contribution >= 4 is 0 Å². The Hall–Kier alpha value is -1.44. The van der Waals surface area contributed by atoms with Gasteiger partial charge in [-0.3, -0.25) is 0 Å². The Morgan fingerprint density at radius 1 is 0.300 bits per heavy atom. The van der Waals surface area contributed by atoms with Crippen molar-refractivity contribution in [1.82, 2.24) is 5.32 Å². The molecule has 0 rings (SSSR count). The van der Waals surface area contributed by atoms with E-state index in [4.69, 9.17) is 0 Å². The number of hydrogen-bond acceptors (Lipinski definition) is 1. The van der Waals surface area contributed by atoms with Crippen molar-refractivity contribution in [2.75, 3.05) is 0 Å². The van der Waals surface area contributed by atoms with Crippen LogP contribution in [0.25, 0.3) is 0 Å². The predicted molar refractivity (Wildman–Crippen MR) is 49.9 cm³/mol. The Bertz CT molecular complexity index is 576. The van der Waals surface area contributed by atoms with Gasteiger partial charge in [-0.25, -0.2) is 5.32 Å². The van der Waals surface area contributed by atoms with Gasteiger partial charge in [-0.2, -0.15) is 87.8 Å². The van der Waals surface area contributed by atoms with Crippen LogP contribution in [0.2, 0.25) is 0 Å². The molecule has 0 bridgehead atoms. The van der Waals surface area contributed by atoms with Gasteiger partial charge in [0.1, 0.15) is 0 Å². The van der Waals surface area contributed by atoms with Crippen LogP contribution in [0.1, 0.15) is 0 Å². The third-order valence-electron chi connectivity index (χ3n) is 3.16. The molecule has 30 heavy (non-hydrogen) atoms. The molecule has 0 aromatic heterocycles. The molecule has 0 amide bonds. The Balaban J connectivity index is 6.94. The van der Waals surface area contributed by atoms with Crippen LogP contribution >= 0.6 is 0 Å². The number of halogens is 20. The summed E-state index contributed by atoms with van der Waals surface area (Å²) in [5.41, 5.74) is -8.16. The number of hydrogen-bond donors (Lipinski definition) is 1. The maximum atomic E-state index is 13.2. The summed E-state index contributed by atoms with van der Waals surface area (Å²) in [6.45, 7) is 0. The Morgan fingerprint density at radius 3 is 0.767 bits per heavy atom. The van der Waals surface area contributed by atoms with Crippen LogP contribution in [-0.4, -0.2) is 54.1 Å². The van der Waals surface area contributed by atoms with Crippen molar-refractivity contribution in [2.45, 2.75) is 54.1 Å². The van der Waals surface area contributed by atoms with Crippen molar-refractivity contribution in [3.05, 3.63) is 0 Å². The van der Waals surface area contributed by atoms with Gasteiger partial charge in [0, 0.05) is 0 Å². The van der Waals surface area contributed by atoms with Crippen LogP contribution in [0.3, 0.4) is 0 Å². The normalized spacial score (nSPS) is 16.8. The largest absolute Gasteiger partial charge is 0.460 e. The average molecular weight is 503 g/mol. The van der Waals surface area contributed by atoms with E-state index in [0.717, 1.165) is 0 Å². The predicted octanol–water partition coefficient (Wildman–Crippen LogP) is 6.06. The lowest BCUT2D eigenvalue weighted by molar-refractivity contribution is -0.446. The summed E-state index contributed by atoms with van der Waals surface area (Å²) >= 11 is 0. The van der Waals surface area contributed by atoms with Crippen LogP contribution in [0.15, 0.2) is 0 Å². The molecular weight excluding hydrogens is 502 g/mol. The molecule has 0 unspecified atom stereocenters. The number of nitrogens with one attached hydrogen (secondary N) is 1. The molecule has 0 aliphatic carbocycles. The third kappa shape index (κ3) is 3.80. The SMILES string of the molecule is FC(F)(F)C(F)(F)C(F)(F)C(F)(F)C(F)(F)NC(C(F)(F)F)(C(F)(F)F)C(F)(F)F. The second-order valence-electron chi connectivity index (χ2n) is 5.16. The molecule has 1 nitrogen and oxygen atoms in total. The highest BCUT2D eigenvalue weighted by Gasteiger charge is 2.92. The molecule has 1 N–H and O–H groups in total. The van der Waals surface area contributed by atoms with Gasteiger partial charge < -0.3 is 0 Å². The lowest BCUT2D eigenvalue weighted by atomic mass is 9.94. The van der Waals surface area contributed by atoms with Gasteiger partial charge in [0.05, 0.1) is 0 Å². The first kappa shape index (κ1) is 28.6. The highest BCUT2D eigenvalue weighted by molar-refractivity contribution is 5.13. The van der Waals surface area contributed by atoms with E-state index in [2.05, 4.69) is 0 Å². The van der Waals surface area contributed by atoms with E-state index in [-0.39, 0.29) is 0 Å².